The lowest BCUT2D eigenvalue weighted by Crippen LogP contribution is -2.32. The van der Waals surface area contributed by atoms with Gasteiger partial charge in [0.1, 0.15) is 10.8 Å². The molecule has 0 aliphatic heterocycles. The summed E-state index contributed by atoms with van der Waals surface area (Å²) in [6.45, 7) is 1.58. The molecule has 2 aromatic rings. The lowest BCUT2D eigenvalue weighted by Gasteiger charge is -2.02. The number of hydrogen-bond donors (Lipinski definition) is 2. The predicted molar refractivity (Wildman–Crippen MR) is 78.6 cm³/mol. The highest BCUT2D eigenvalue weighted by atomic mass is 35.5. The fourth-order valence-electron chi connectivity index (χ4n) is 1.40. The maximum atomic E-state index is 13.5. The van der Waals surface area contributed by atoms with Crippen LogP contribution in [0.3, 0.4) is 0 Å². The summed E-state index contributed by atoms with van der Waals surface area (Å²) in [7, 11) is 0. The number of carbonyl (C=O) groups excluding carboxylic acids is 1. The van der Waals surface area contributed by atoms with Crippen molar-refractivity contribution in [2.45, 2.75) is 19.4 Å². The number of hydrogen-bond acceptors (Lipinski definition) is 5. The van der Waals surface area contributed by atoms with Gasteiger partial charge in [-0.2, -0.15) is 0 Å². The van der Waals surface area contributed by atoms with E-state index in [0.717, 1.165) is 0 Å². The second-order valence-corrected chi connectivity index (χ2v) is 5.11. The average Bonchev–Trinajstić information content (AvgIpc) is 2.79. The summed E-state index contributed by atoms with van der Waals surface area (Å²) in [6, 6.07) is 5.87. The number of anilines is 1. The largest absolute Gasteiger partial charge is 0.320 e. The van der Waals surface area contributed by atoms with E-state index in [2.05, 4.69) is 15.5 Å². The van der Waals surface area contributed by atoms with Gasteiger partial charge in [0.25, 0.3) is 0 Å². The smallest absolute Gasteiger partial charge is 0.242 e. The molecule has 1 heterocycles. The molecule has 0 bridgehead atoms. The van der Waals surface area contributed by atoms with Gasteiger partial charge in [-0.15, -0.1) is 22.6 Å². The third-order valence-corrected chi connectivity index (χ3v) is 3.25. The number of nitrogens with zero attached hydrogens (tertiary/aromatic N) is 2. The van der Waals surface area contributed by atoms with E-state index in [1.54, 1.807) is 25.1 Å². The summed E-state index contributed by atoms with van der Waals surface area (Å²) in [5.41, 5.74) is 5.97. The van der Waals surface area contributed by atoms with Crippen LogP contribution in [-0.2, 0) is 11.2 Å². The van der Waals surface area contributed by atoms with Crippen LogP contribution in [0.2, 0.25) is 0 Å². The molecule has 0 unspecified atom stereocenters. The number of aromatic nitrogens is 2. The number of amides is 1. The van der Waals surface area contributed by atoms with Crippen LogP contribution in [0.5, 0.6) is 0 Å². The first-order valence-corrected chi connectivity index (χ1v) is 6.50. The van der Waals surface area contributed by atoms with Gasteiger partial charge in [-0.25, -0.2) is 4.39 Å². The molecule has 0 aliphatic rings. The maximum Gasteiger partial charge on any atom is 0.242 e. The van der Waals surface area contributed by atoms with Gasteiger partial charge in [0, 0.05) is 6.42 Å². The molecule has 1 atom stereocenters. The zero-order valence-corrected chi connectivity index (χ0v) is 12.3. The molecule has 0 radical (unpaired) electrons. The molecule has 5 nitrogen and oxygen atoms in total. The Labute approximate surface area is 125 Å². The summed E-state index contributed by atoms with van der Waals surface area (Å²) in [4.78, 5) is 11.4. The molecular weight excluding hydrogens is 303 g/mol. The van der Waals surface area contributed by atoms with Crippen molar-refractivity contribution in [3.63, 3.8) is 0 Å². The van der Waals surface area contributed by atoms with Crippen molar-refractivity contribution in [1.82, 2.24) is 10.2 Å². The second-order valence-electron chi connectivity index (χ2n) is 4.05. The Balaban J connectivity index is 0.00000200. The van der Waals surface area contributed by atoms with Crippen molar-refractivity contribution in [3.05, 3.63) is 40.7 Å². The normalized spacial score (nSPS) is 11.6. The molecule has 1 amide bonds. The first kappa shape index (κ1) is 16.5. The number of benzene rings is 1. The van der Waals surface area contributed by atoms with Crippen LogP contribution in [0.4, 0.5) is 9.52 Å². The standard InChI is InChI=1S/C12H13FN4OS.ClH/c1-7(14)11(18)15-12-17-16-10(19-12)6-8-4-2-3-5-9(8)13;/h2-5,7H,6,14H2,1H3,(H,15,17,18);1H/t7-;/m1./s1. The summed E-state index contributed by atoms with van der Waals surface area (Å²) in [6.07, 6.45) is 0.346. The highest BCUT2D eigenvalue weighted by Gasteiger charge is 2.12. The van der Waals surface area contributed by atoms with Gasteiger partial charge >= 0.3 is 0 Å². The lowest BCUT2D eigenvalue weighted by molar-refractivity contribution is -0.117. The van der Waals surface area contributed by atoms with Gasteiger partial charge in [0.15, 0.2) is 0 Å². The first-order chi connectivity index (χ1) is 9.06. The molecule has 20 heavy (non-hydrogen) atoms. The number of nitrogens with two attached hydrogens (primary N) is 1. The van der Waals surface area contributed by atoms with Crippen LogP contribution in [0.25, 0.3) is 0 Å². The van der Waals surface area contributed by atoms with Crippen molar-refractivity contribution < 1.29 is 9.18 Å². The van der Waals surface area contributed by atoms with E-state index in [9.17, 15) is 9.18 Å². The third kappa shape index (κ3) is 4.22. The SMILES string of the molecule is C[C@@H](N)C(=O)Nc1nnc(Cc2ccccc2F)s1.Cl. The Hall–Kier alpha value is -1.57. The van der Waals surface area contributed by atoms with Crippen molar-refractivity contribution in [2.75, 3.05) is 5.32 Å². The Morgan fingerprint density at radius 2 is 2.15 bits per heavy atom. The van der Waals surface area contributed by atoms with E-state index in [1.165, 1.54) is 17.4 Å². The van der Waals surface area contributed by atoms with E-state index in [0.29, 0.717) is 22.1 Å². The van der Waals surface area contributed by atoms with E-state index >= 15 is 0 Å². The van der Waals surface area contributed by atoms with E-state index in [1.807, 2.05) is 0 Å². The number of halogens is 2. The predicted octanol–water partition coefficient (Wildman–Crippen LogP) is 1.98. The fraction of sp³-hybridized carbons (Fsp3) is 0.250. The zero-order chi connectivity index (χ0) is 13.8. The molecule has 0 saturated carbocycles. The van der Waals surface area contributed by atoms with Crippen molar-refractivity contribution in [2.24, 2.45) is 5.73 Å². The molecule has 1 aromatic carbocycles. The number of nitrogens with one attached hydrogen (secondary N) is 1. The summed E-state index contributed by atoms with van der Waals surface area (Å²) < 4.78 is 13.5. The van der Waals surface area contributed by atoms with Crippen molar-refractivity contribution in [3.8, 4) is 0 Å². The van der Waals surface area contributed by atoms with E-state index in [4.69, 9.17) is 5.73 Å². The van der Waals surface area contributed by atoms with Crippen LogP contribution < -0.4 is 11.1 Å². The maximum absolute atomic E-state index is 13.5. The minimum absolute atomic E-state index is 0. The van der Waals surface area contributed by atoms with Crippen molar-refractivity contribution >= 4 is 34.8 Å². The van der Waals surface area contributed by atoms with Gasteiger partial charge in [-0.3, -0.25) is 10.1 Å². The topological polar surface area (TPSA) is 80.9 Å². The van der Waals surface area contributed by atoms with E-state index < -0.39 is 6.04 Å². The molecule has 1 aromatic heterocycles. The summed E-state index contributed by atoms with van der Waals surface area (Å²) >= 11 is 1.21. The first-order valence-electron chi connectivity index (χ1n) is 5.68. The van der Waals surface area contributed by atoms with Gasteiger partial charge in [0.2, 0.25) is 11.0 Å². The highest BCUT2D eigenvalue weighted by Crippen LogP contribution is 2.19. The van der Waals surface area contributed by atoms with Gasteiger partial charge in [-0.1, -0.05) is 29.5 Å². The molecule has 108 valence electrons. The third-order valence-electron chi connectivity index (χ3n) is 2.41. The molecule has 0 saturated heterocycles. The van der Waals surface area contributed by atoms with Crippen molar-refractivity contribution in [1.29, 1.82) is 0 Å². The number of carbonyl (C=O) groups is 1. The van der Waals surface area contributed by atoms with Crippen LogP contribution in [0.15, 0.2) is 24.3 Å². The Bertz CT molecular complexity index is 590. The molecule has 0 aliphatic carbocycles. The molecule has 2 rings (SSSR count). The Morgan fingerprint density at radius 1 is 1.45 bits per heavy atom. The molecule has 8 heteroatoms. The number of rotatable bonds is 4. The summed E-state index contributed by atoms with van der Waals surface area (Å²) in [5, 5.41) is 11.3. The van der Waals surface area contributed by atoms with Crippen LogP contribution in [0.1, 0.15) is 17.5 Å². The quantitative estimate of drug-likeness (QED) is 0.903. The second kappa shape index (κ2) is 7.28. The summed E-state index contributed by atoms with van der Waals surface area (Å²) in [5.74, 6) is -0.604. The van der Waals surface area contributed by atoms with Crippen LogP contribution >= 0.6 is 23.7 Å². The zero-order valence-electron chi connectivity index (χ0n) is 10.7. The van der Waals surface area contributed by atoms with Gasteiger partial charge < -0.3 is 5.73 Å². The Kier molecular flexibility index (Phi) is 6.00. The molecule has 3 N–H and O–H groups in total. The monoisotopic (exact) mass is 316 g/mol. The van der Waals surface area contributed by atoms with Gasteiger partial charge in [-0.05, 0) is 18.6 Å². The molecular formula is C12H14ClFN4OS. The minimum atomic E-state index is -0.612. The minimum Gasteiger partial charge on any atom is -0.320 e. The molecule has 0 fully saturated rings. The highest BCUT2D eigenvalue weighted by molar-refractivity contribution is 7.15. The fourth-order valence-corrected chi connectivity index (χ4v) is 2.17. The Morgan fingerprint density at radius 3 is 2.80 bits per heavy atom. The van der Waals surface area contributed by atoms with Gasteiger partial charge in [0.05, 0.1) is 6.04 Å². The van der Waals surface area contributed by atoms with Crippen LogP contribution in [-0.4, -0.2) is 22.1 Å². The average molecular weight is 317 g/mol. The van der Waals surface area contributed by atoms with E-state index in [-0.39, 0.29) is 24.1 Å². The molecule has 0 spiro atoms. The lowest BCUT2D eigenvalue weighted by atomic mass is 10.1. The van der Waals surface area contributed by atoms with Crippen LogP contribution in [0, 0.1) is 5.82 Å².